The van der Waals surface area contributed by atoms with Crippen LogP contribution in [0.15, 0.2) is 53.4 Å². The molecule has 154 valence electrons. The van der Waals surface area contributed by atoms with Crippen LogP contribution in [0.25, 0.3) is 6.08 Å². The molecule has 0 saturated carbocycles. The number of hydrogen-bond acceptors (Lipinski definition) is 2. The summed E-state index contributed by atoms with van der Waals surface area (Å²) in [7, 11) is 0. The molecule has 0 amide bonds. The molecule has 0 N–H and O–H groups in total. The Labute approximate surface area is 169 Å². The zero-order chi connectivity index (χ0) is 21.3. The summed E-state index contributed by atoms with van der Waals surface area (Å²) in [5.74, 6) is -9.71. The summed E-state index contributed by atoms with van der Waals surface area (Å²) in [4.78, 5) is 8.68. The van der Waals surface area contributed by atoms with Crippen LogP contribution in [-0.4, -0.2) is 21.8 Å². The molecule has 4 rings (SSSR count). The third-order valence-electron chi connectivity index (χ3n) is 4.93. The van der Waals surface area contributed by atoms with Crippen LogP contribution in [0, 0.1) is 29.1 Å². The van der Waals surface area contributed by atoms with Crippen LogP contribution < -0.4 is 0 Å². The molecule has 0 fully saturated rings. The molecular formula is C22H16F5N3. The number of rotatable bonds is 4. The van der Waals surface area contributed by atoms with Crippen molar-refractivity contribution in [1.82, 2.24) is 9.55 Å². The van der Waals surface area contributed by atoms with Crippen molar-refractivity contribution >= 4 is 11.8 Å². The number of pyridine rings is 1. The first-order valence-electron chi connectivity index (χ1n) is 9.28. The van der Waals surface area contributed by atoms with Crippen LogP contribution in [-0.2, 0) is 6.54 Å². The zero-order valence-electron chi connectivity index (χ0n) is 15.7. The van der Waals surface area contributed by atoms with Gasteiger partial charge in [-0.05, 0) is 48.8 Å². The van der Waals surface area contributed by atoms with E-state index in [4.69, 9.17) is 0 Å². The molecule has 0 saturated heterocycles. The average Bonchev–Trinajstić information content (AvgIpc) is 3.21. The Morgan fingerprint density at radius 1 is 0.933 bits per heavy atom. The second-order valence-electron chi connectivity index (χ2n) is 6.85. The highest BCUT2D eigenvalue weighted by Gasteiger charge is 2.26. The maximum Gasteiger partial charge on any atom is 0.200 e. The van der Waals surface area contributed by atoms with Crippen LogP contribution in [0.1, 0.15) is 29.7 Å². The molecule has 3 nitrogen and oxygen atoms in total. The minimum absolute atomic E-state index is 0.503. The molecule has 3 aromatic rings. The Morgan fingerprint density at radius 2 is 1.67 bits per heavy atom. The topological polar surface area (TPSA) is 30.2 Å². The standard InChI is InChI=1S/C22H16F5N3/c23-17-16(18(24)20(26)21(27)19(17)25)12-30-9-3-6-15(30)10-13-4-2-8-29-22(13)14-5-1-7-28-11-14/h1,3,5-7,9-11H,2,4,8,12H2/b13-10+. The van der Waals surface area contributed by atoms with Crippen molar-refractivity contribution in [2.45, 2.75) is 19.4 Å². The van der Waals surface area contributed by atoms with Crippen LogP contribution >= 0.6 is 0 Å². The summed E-state index contributed by atoms with van der Waals surface area (Å²) < 4.78 is 70.0. The Morgan fingerprint density at radius 3 is 2.37 bits per heavy atom. The number of halogens is 5. The Bertz CT molecular complexity index is 1120. The van der Waals surface area contributed by atoms with E-state index >= 15 is 0 Å². The zero-order valence-corrected chi connectivity index (χ0v) is 15.7. The minimum atomic E-state index is -2.16. The Kier molecular flexibility index (Phi) is 5.48. The average molecular weight is 417 g/mol. The number of benzene rings is 1. The second kappa shape index (κ2) is 8.22. The van der Waals surface area contributed by atoms with E-state index in [1.165, 1.54) is 10.8 Å². The monoisotopic (exact) mass is 417 g/mol. The van der Waals surface area contributed by atoms with E-state index in [1.807, 2.05) is 12.1 Å². The summed E-state index contributed by atoms with van der Waals surface area (Å²) in [6, 6.07) is 7.03. The molecule has 1 aromatic carbocycles. The molecule has 30 heavy (non-hydrogen) atoms. The summed E-state index contributed by atoms with van der Waals surface area (Å²) in [6.07, 6.45) is 8.28. The van der Waals surface area contributed by atoms with E-state index in [2.05, 4.69) is 9.98 Å². The summed E-state index contributed by atoms with van der Waals surface area (Å²) in [5.41, 5.74) is 2.21. The lowest BCUT2D eigenvalue weighted by Crippen LogP contribution is -2.13. The van der Waals surface area contributed by atoms with Crippen molar-refractivity contribution in [3.63, 3.8) is 0 Å². The van der Waals surface area contributed by atoms with E-state index in [-0.39, 0.29) is 0 Å². The quantitative estimate of drug-likeness (QED) is 0.322. The maximum atomic E-state index is 14.1. The van der Waals surface area contributed by atoms with Gasteiger partial charge in [-0.3, -0.25) is 9.98 Å². The predicted octanol–water partition coefficient (Wildman–Crippen LogP) is 5.29. The van der Waals surface area contributed by atoms with Gasteiger partial charge in [0.15, 0.2) is 23.3 Å². The molecule has 3 heterocycles. The van der Waals surface area contributed by atoms with Crippen molar-refractivity contribution in [2.24, 2.45) is 4.99 Å². The third kappa shape index (κ3) is 3.65. The van der Waals surface area contributed by atoms with Gasteiger partial charge in [0.05, 0.1) is 12.3 Å². The van der Waals surface area contributed by atoms with Gasteiger partial charge in [-0.25, -0.2) is 22.0 Å². The van der Waals surface area contributed by atoms with Gasteiger partial charge in [0.25, 0.3) is 0 Å². The molecular weight excluding hydrogens is 401 g/mol. The van der Waals surface area contributed by atoms with Crippen molar-refractivity contribution in [3.05, 3.63) is 94.3 Å². The molecule has 0 bridgehead atoms. The van der Waals surface area contributed by atoms with Crippen molar-refractivity contribution in [2.75, 3.05) is 6.54 Å². The minimum Gasteiger partial charge on any atom is -0.343 e. The Balaban J connectivity index is 1.71. The number of allylic oxidation sites excluding steroid dienone is 1. The summed E-state index contributed by atoms with van der Waals surface area (Å²) in [5, 5.41) is 0. The first kappa shape index (κ1) is 20.0. The highest BCUT2D eigenvalue weighted by atomic mass is 19.2. The van der Waals surface area contributed by atoms with E-state index in [1.54, 1.807) is 30.6 Å². The number of aromatic nitrogens is 2. The fourth-order valence-corrected chi connectivity index (χ4v) is 3.44. The summed E-state index contributed by atoms with van der Waals surface area (Å²) in [6.45, 7) is 0.171. The van der Waals surface area contributed by atoms with Crippen molar-refractivity contribution in [3.8, 4) is 0 Å². The molecule has 0 radical (unpaired) electrons. The fraction of sp³-hybridized carbons (Fsp3) is 0.182. The number of hydrogen-bond donors (Lipinski definition) is 0. The molecule has 0 unspecified atom stereocenters. The van der Waals surface area contributed by atoms with E-state index in [9.17, 15) is 22.0 Å². The molecule has 2 aromatic heterocycles. The van der Waals surface area contributed by atoms with Crippen molar-refractivity contribution < 1.29 is 22.0 Å². The Hall–Kier alpha value is -3.29. The lowest BCUT2D eigenvalue weighted by Gasteiger charge is -2.17. The van der Waals surface area contributed by atoms with Gasteiger partial charge in [0.2, 0.25) is 5.82 Å². The number of nitrogens with zero attached hydrogens (tertiary/aromatic N) is 3. The molecule has 1 aliphatic rings. The SMILES string of the molecule is Fc1c(F)c(F)c(Cn2cccc2/C=C2\CCCN=C2c2cccnc2)c(F)c1F. The first-order chi connectivity index (χ1) is 14.5. The van der Waals surface area contributed by atoms with Crippen molar-refractivity contribution in [1.29, 1.82) is 0 Å². The van der Waals surface area contributed by atoms with E-state index < -0.39 is 41.2 Å². The third-order valence-corrected chi connectivity index (χ3v) is 4.93. The second-order valence-corrected chi connectivity index (χ2v) is 6.85. The largest absolute Gasteiger partial charge is 0.343 e. The molecule has 8 heteroatoms. The summed E-state index contributed by atoms with van der Waals surface area (Å²) >= 11 is 0. The normalized spacial score (nSPS) is 15.5. The van der Waals surface area contributed by atoms with Crippen LogP contribution in [0.2, 0.25) is 0 Å². The van der Waals surface area contributed by atoms with Crippen LogP contribution in [0.5, 0.6) is 0 Å². The highest BCUT2D eigenvalue weighted by molar-refractivity contribution is 6.15. The first-order valence-corrected chi connectivity index (χ1v) is 9.28. The number of aliphatic imine (C=N–C) groups is 1. The highest BCUT2D eigenvalue weighted by Crippen LogP contribution is 2.26. The van der Waals surface area contributed by atoms with Crippen LogP contribution in [0.4, 0.5) is 22.0 Å². The van der Waals surface area contributed by atoms with Gasteiger partial charge >= 0.3 is 0 Å². The van der Waals surface area contributed by atoms with E-state index in [0.29, 0.717) is 12.2 Å². The van der Waals surface area contributed by atoms with Gasteiger partial charge in [0.1, 0.15) is 0 Å². The van der Waals surface area contributed by atoms with Gasteiger partial charge in [-0.1, -0.05) is 0 Å². The lowest BCUT2D eigenvalue weighted by molar-refractivity contribution is 0.368. The van der Waals surface area contributed by atoms with Crippen LogP contribution in [0.3, 0.4) is 0 Å². The van der Waals surface area contributed by atoms with Gasteiger partial charge in [-0.15, -0.1) is 0 Å². The van der Waals surface area contributed by atoms with Gasteiger partial charge in [-0.2, -0.15) is 0 Å². The fourth-order valence-electron chi connectivity index (χ4n) is 3.44. The van der Waals surface area contributed by atoms with Gasteiger partial charge in [0, 0.05) is 42.0 Å². The molecule has 0 aliphatic carbocycles. The lowest BCUT2D eigenvalue weighted by atomic mass is 9.96. The molecule has 0 spiro atoms. The maximum absolute atomic E-state index is 14.1. The van der Waals surface area contributed by atoms with E-state index in [0.717, 1.165) is 29.7 Å². The van der Waals surface area contributed by atoms with Gasteiger partial charge < -0.3 is 4.57 Å². The molecule has 0 atom stereocenters. The smallest absolute Gasteiger partial charge is 0.200 e. The predicted molar refractivity (Wildman–Crippen MR) is 103 cm³/mol. The molecule has 1 aliphatic heterocycles.